The maximum Gasteiger partial charge on any atom is 0.196 e. The lowest BCUT2D eigenvalue weighted by atomic mass is 10.0. The van der Waals surface area contributed by atoms with Gasteiger partial charge in [0.1, 0.15) is 17.2 Å². The fourth-order valence-corrected chi connectivity index (χ4v) is 2.70. The van der Waals surface area contributed by atoms with Crippen LogP contribution < -0.4 is 4.74 Å². The minimum absolute atomic E-state index is 0.0871. The van der Waals surface area contributed by atoms with E-state index in [1.807, 2.05) is 18.2 Å². The highest BCUT2D eigenvalue weighted by atomic mass is 16.5. The van der Waals surface area contributed by atoms with Gasteiger partial charge in [-0.1, -0.05) is 42.5 Å². The van der Waals surface area contributed by atoms with E-state index in [0.717, 1.165) is 5.56 Å². The number of carbonyl (C=O) groups excluding carboxylic acids is 1. The summed E-state index contributed by atoms with van der Waals surface area (Å²) in [7, 11) is 1.45. The average Bonchev–Trinajstić information content (AvgIpc) is 2.74. The number of aromatic hydroxyl groups is 1. The highest BCUT2D eigenvalue weighted by molar-refractivity contribution is 6.11. The number of aliphatic hydroxyl groups excluding tert-OH is 1. The van der Waals surface area contributed by atoms with Crippen molar-refractivity contribution < 1.29 is 19.7 Å². The molecule has 0 aromatic heterocycles. The molecule has 0 aliphatic rings. The molecule has 6 heteroatoms. The molecule has 3 rings (SSSR count). The number of phenolic OH excluding ortho intramolecular Hbond substituents is 1. The van der Waals surface area contributed by atoms with E-state index >= 15 is 0 Å². The number of nitrogens with zero attached hydrogens (tertiary/aromatic N) is 2. The van der Waals surface area contributed by atoms with Crippen molar-refractivity contribution in [1.29, 1.82) is 0 Å². The molecule has 3 aromatic rings. The Labute approximate surface area is 162 Å². The zero-order valence-electron chi connectivity index (χ0n) is 15.4. The van der Waals surface area contributed by atoms with Gasteiger partial charge < -0.3 is 14.9 Å². The summed E-state index contributed by atoms with van der Waals surface area (Å²) in [6, 6.07) is 18.8. The van der Waals surface area contributed by atoms with Crippen LogP contribution in [0.15, 0.2) is 77.0 Å². The monoisotopic (exact) mass is 376 g/mol. The van der Waals surface area contributed by atoms with Gasteiger partial charge in [0.2, 0.25) is 0 Å². The van der Waals surface area contributed by atoms with Crippen LogP contribution in [0.5, 0.6) is 11.5 Å². The molecule has 0 atom stereocenters. The summed E-state index contributed by atoms with van der Waals surface area (Å²) >= 11 is 0. The third kappa shape index (κ3) is 4.42. The summed E-state index contributed by atoms with van der Waals surface area (Å²) in [5.74, 6) is -0.189. The van der Waals surface area contributed by atoms with E-state index in [4.69, 9.17) is 9.84 Å². The van der Waals surface area contributed by atoms with Gasteiger partial charge in [-0.05, 0) is 30.2 Å². The van der Waals surface area contributed by atoms with Crippen molar-refractivity contribution in [3.63, 3.8) is 0 Å². The van der Waals surface area contributed by atoms with Crippen LogP contribution in [0.4, 0.5) is 11.4 Å². The Morgan fingerprint density at radius 3 is 2.36 bits per heavy atom. The molecular formula is C22H20N2O4. The second kappa shape index (κ2) is 8.92. The molecule has 3 aromatic carbocycles. The maximum atomic E-state index is 12.7. The van der Waals surface area contributed by atoms with Crippen LogP contribution in [-0.4, -0.2) is 29.7 Å². The smallest absolute Gasteiger partial charge is 0.196 e. The summed E-state index contributed by atoms with van der Waals surface area (Å²) < 4.78 is 5.25. The number of ketones is 1. The molecular weight excluding hydrogens is 356 g/mol. The van der Waals surface area contributed by atoms with E-state index in [2.05, 4.69) is 10.2 Å². The maximum absolute atomic E-state index is 12.7. The van der Waals surface area contributed by atoms with Crippen LogP contribution in [0.3, 0.4) is 0 Å². The van der Waals surface area contributed by atoms with Crippen LogP contribution in [0, 0.1) is 0 Å². The number of ether oxygens (including phenoxy) is 1. The summed E-state index contributed by atoms with van der Waals surface area (Å²) in [5.41, 5.74) is 2.54. The summed E-state index contributed by atoms with van der Waals surface area (Å²) in [5, 5.41) is 27.6. The molecule has 0 amide bonds. The van der Waals surface area contributed by atoms with Gasteiger partial charge in [-0.15, -0.1) is 5.11 Å². The molecule has 0 fully saturated rings. The standard InChI is InChI=1S/C22H20N2O4/c1-28-21-14-20(26)18(22(27)16-5-3-2-4-6-16)13-19(21)24-23-17-9-7-15(8-10-17)11-12-25/h2-10,13-14,25-26H,11-12H2,1H3/b24-23+. The van der Waals surface area contributed by atoms with Crippen molar-refractivity contribution in [3.05, 3.63) is 83.4 Å². The fourth-order valence-electron chi connectivity index (χ4n) is 2.70. The van der Waals surface area contributed by atoms with Crippen LogP contribution >= 0.6 is 0 Å². The van der Waals surface area contributed by atoms with E-state index in [1.54, 1.807) is 36.4 Å². The zero-order chi connectivity index (χ0) is 19.9. The topological polar surface area (TPSA) is 91.5 Å². The van der Waals surface area contributed by atoms with E-state index < -0.39 is 0 Å². The average molecular weight is 376 g/mol. The Hall–Kier alpha value is -3.51. The van der Waals surface area contributed by atoms with Gasteiger partial charge in [0.05, 0.1) is 18.4 Å². The van der Waals surface area contributed by atoms with Gasteiger partial charge in [-0.2, -0.15) is 5.11 Å². The number of methoxy groups -OCH3 is 1. The zero-order valence-corrected chi connectivity index (χ0v) is 15.4. The first kappa shape index (κ1) is 19.3. The Kier molecular flexibility index (Phi) is 6.14. The highest BCUT2D eigenvalue weighted by Crippen LogP contribution is 2.36. The Bertz CT molecular complexity index is 983. The molecule has 0 heterocycles. The molecule has 0 unspecified atom stereocenters. The van der Waals surface area contributed by atoms with Crippen molar-refractivity contribution in [2.75, 3.05) is 13.7 Å². The molecule has 28 heavy (non-hydrogen) atoms. The normalized spacial score (nSPS) is 10.9. The molecule has 0 radical (unpaired) electrons. The summed E-state index contributed by atoms with van der Waals surface area (Å²) in [4.78, 5) is 12.7. The lowest BCUT2D eigenvalue weighted by Crippen LogP contribution is -2.01. The molecule has 142 valence electrons. The van der Waals surface area contributed by atoms with Gasteiger partial charge in [0.25, 0.3) is 0 Å². The predicted molar refractivity (Wildman–Crippen MR) is 106 cm³/mol. The number of hydrogen-bond acceptors (Lipinski definition) is 6. The van der Waals surface area contributed by atoms with Gasteiger partial charge >= 0.3 is 0 Å². The summed E-state index contributed by atoms with van der Waals surface area (Å²) in [6.45, 7) is 0.0871. The van der Waals surface area contributed by atoms with Crippen LogP contribution in [0.25, 0.3) is 0 Å². The lowest BCUT2D eigenvalue weighted by molar-refractivity contribution is 0.103. The third-order valence-electron chi connectivity index (χ3n) is 4.19. The number of carbonyl (C=O) groups is 1. The van der Waals surface area contributed by atoms with Crippen molar-refractivity contribution >= 4 is 17.2 Å². The molecule has 0 bridgehead atoms. The SMILES string of the molecule is COc1cc(O)c(C(=O)c2ccccc2)cc1/N=N/c1ccc(CCO)cc1. The Morgan fingerprint density at radius 2 is 1.71 bits per heavy atom. The molecule has 2 N–H and O–H groups in total. The van der Waals surface area contributed by atoms with E-state index in [9.17, 15) is 9.90 Å². The number of aliphatic hydroxyl groups is 1. The molecule has 0 aliphatic carbocycles. The van der Waals surface area contributed by atoms with Crippen molar-refractivity contribution in [2.45, 2.75) is 6.42 Å². The number of azo groups is 1. The first-order valence-electron chi connectivity index (χ1n) is 8.74. The van der Waals surface area contributed by atoms with Crippen LogP contribution in [0.2, 0.25) is 0 Å². The molecule has 0 saturated carbocycles. The van der Waals surface area contributed by atoms with E-state index in [0.29, 0.717) is 29.1 Å². The summed E-state index contributed by atoms with van der Waals surface area (Å²) in [6.07, 6.45) is 0.578. The lowest BCUT2D eigenvalue weighted by Gasteiger charge is -2.09. The van der Waals surface area contributed by atoms with Crippen molar-refractivity contribution in [2.24, 2.45) is 10.2 Å². The second-order valence-corrected chi connectivity index (χ2v) is 6.08. The quantitative estimate of drug-likeness (QED) is 0.466. The second-order valence-electron chi connectivity index (χ2n) is 6.08. The van der Waals surface area contributed by atoms with Gasteiger partial charge in [0.15, 0.2) is 5.78 Å². The first-order valence-corrected chi connectivity index (χ1v) is 8.74. The van der Waals surface area contributed by atoms with Gasteiger partial charge in [0, 0.05) is 18.2 Å². The van der Waals surface area contributed by atoms with Gasteiger partial charge in [-0.3, -0.25) is 4.79 Å². The van der Waals surface area contributed by atoms with Crippen molar-refractivity contribution in [1.82, 2.24) is 0 Å². The fraction of sp³-hybridized carbons (Fsp3) is 0.136. The van der Waals surface area contributed by atoms with Gasteiger partial charge in [-0.25, -0.2) is 0 Å². The number of benzene rings is 3. The Balaban J connectivity index is 1.92. The highest BCUT2D eigenvalue weighted by Gasteiger charge is 2.17. The minimum atomic E-state index is -0.314. The Morgan fingerprint density at radius 1 is 1.00 bits per heavy atom. The largest absolute Gasteiger partial charge is 0.507 e. The number of hydrogen-bond donors (Lipinski definition) is 2. The number of phenols is 1. The predicted octanol–water partition coefficient (Wildman–Crippen LogP) is 4.58. The van der Waals surface area contributed by atoms with Crippen LogP contribution in [-0.2, 0) is 6.42 Å². The van der Waals surface area contributed by atoms with E-state index in [-0.39, 0.29) is 23.7 Å². The minimum Gasteiger partial charge on any atom is -0.507 e. The third-order valence-corrected chi connectivity index (χ3v) is 4.19. The van der Waals surface area contributed by atoms with Crippen LogP contribution in [0.1, 0.15) is 21.5 Å². The number of rotatable bonds is 7. The van der Waals surface area contributed by atoms with E-state index in [1.165, 1.54) is 19.2 Å². The molecule has 0 saturated heterocycles. The molecule has 0 spiro atoms. The first-order chi connectivity index (χ1) is 13.6. The van der Waals surface area contributed by atoms with Crippen molar-refractivity contribution in [3.8, 4) is 11.5 Å². The molecule has 6 nitrogen and oxygen atoms in total. The molecule has 0 aliphatic heterocycles.